The molecule has 1 aliphatic carbocycles. The molecule has 2 rings (SSSR count). The molecular weight excluding hydrogens is 272 g/mol. The van der Waals surface area contributed by atoms with Gasteiger partial charge in [0.2, 0.25) is 0 Å². The fraction of sp³-hybridized carbons (Fsp3) is 0.727. The first-order chi connectivity index (χ1) is 7.31. The SMILES string of the molecule is NCCc1sc(C2CCCCC2)nc1Br. The molecule has 0 radical (unpaired) electrons. The zero-order valence-corrected chi connectivity index (χ0v) is 11.2. The summed E-state index contributed by atoms with van der Waals surface area (Å²) in [5, 5.41) is 1.32. The maximum atomic E-state index is 5.58. The third-order valence-corrected chi connectivity index (χ3v) is 5.19. The summed E-state index contributed by atoms with van der Waals surface area (Å²) in [6.45, 7) is 0.713. The number of thiazole rings is 1. The van der Waals surface area contributed by atoms with E-state index in [0.717, 1.165) is 11.0 Å². The summed E-state index contributed by atoms with van der Waals surface area (Å²) in [5.74, 6) is 0.714. The van der Waals surface area contributed by atoms with E-state index in [0.29, 0.717) is 12.5 Å². The monoisotopic (exact) mass is 288 g/mol. The number of hydrogen-bond donors (Lipinski definition) is 1. The van der Waals surface area contributed by atoms with Crippen LogP contribution in [0.25, 0.3) is 0 Å². The molecule has 0 atom stereocenters. The van der Waals surface area contributed by atoms with Crippen LogP contribution in [0.1, 0.15) is 47.9 Å². The van der Waals surface area contributed by atoms with Crippen molar-refractivity contribution in [2.75, 3.05) is 6.54 Å². The standard InChI is InChI=1S/C11H17BrN2S/c12-10-9(6-7-13)15-11(14-10)8-4-2-1-3-5-8/h8H,1-7,13H2. The summed E-state index contributed by atoms with van der Waals surface area (Å²) in [5.41, 5.74) is 5.58. The van der Waals surface area contributed by atoms with Crippen LogP contribution in [0, 0.1) is 0 Å². The first-order valence-corrected chi connectivity index (χ1v) is 7.27. The van der Waals surface area contributed by atoms with Crippen LogP contribution in [-0.2, 0) is 6.42 Å². The molecule has 4 heteroatoms. The van der Waals surface area contributed by atoms with Gasteiger partial charge in [0.05, 0.1) is 5.01 Å². The first-order valence-electron chi connectivity index (χ1n) is 5.66. The van der Waals surface area contributed by atoms with E-state index in [9.17, 15) is 0 Å². The Morgan fingerprint density at radius 3 is 2.73 bits per heavy atom. The van der Waals surface area contributed by atoms with Crippen molar-refractivity contribution in [3.8, 4) is 0 Å². The van der Waals surface area contributed by atoms with E-state index < -0.39 is 0 Å². The zero-order chi connectivity index (χ0) is 10.7. The quantitative estimate of drug-likeness (QED) is 0.925. The number of rotatable bonds is 3. The normalized spacial score (nSPS) is 18.3. The molecule has 15 heavy (non-hydrogen) atoms. The summed E-state index contributed by atoms with van der Waals surface area (Å²) in [4.78, 5) is 5.95. The molecule has 1 saturated carbocycles. The highest BCUT2D eigenvalue weighted by molar-refractivity contribution is 9.10. The van der Waals surface area contributed by atoms with Crippen molar-refractivity contribution in [3.05, 3.63) is 14.5 Å². The molecule has 0 amide bonds. The van der Waals surface area contributed by atoms with Crippen molar-refractivity contribution in [1.29, 1.82) is 0 Å². The Kier molecular flexibility index (Phi) is 4.17. The summed E-state index contributed by atoms with van der Waals surface area (Å²) in [6.07, 6.45) is 7.73. The van der Waals surface area contributed by atoms with Crippen LogP contribution in [0.2, 0.25) is 0 Å². The minimum absolute atomic E-state index is 0.713. The second-order valence-corrected chi connectivity index (χ2v) is 6.01. The number of hydrogen-bond acceptors (Lipinski definition) is 3. The Balaban J connectivity index is 2.10. The molecule has 1 aliphatic rings. The van der Waals surface area contributed by atoms with Gasteiger partial charge in [0.15, 0.2) is 0 Å². The summed E-state index contributed by atoms with van der Waals surface area (Å²) in [7, 11) is 0. The van der Waals surface area contributed by atoms with Gasteiger partial charge in [-0.15, -0.1) is 11.3 Å². The second-order valence-electron chi connectivity index (χ2n) is 4.14. The smallest absolute Gasteiger partial charge is 0.120 e. The number of halogens is 1. The van der Waals surface area contributed by atoms with Crippen LogP contribution < -0.4 is 5.73 Å². The van der Waals surface area contributed by atoms with Gasteiger partial charge in [0.1, 0.15) is 4.60 Å². The molecule has 0 bridgehead atoms. The van der Waals surface area contributed by atoms with Crippen molar-refractivity contribution >= 4 is 27.3 Å². The summed E-state index contributed by atoms with van der Waals surface area (Å²) < 4.78 is 1.03. The summed E-state index contributed by atoms with van der Waals surface area (Å²) >= 11 is 5.38. The number of aromatic nitrogens is 1. The predicted octanol–water partition coefficient (Wildman–Crippen LogP) is 3.45. The second kappa shape index (κ2) is 5.41. The predicted molar refractivity (Wildman–Crippen MR) is 68.4 cm³/mol. The molecule has 84 valence electrons. The van der Waals surface area contributed by atoms with Gasteiger partial charge in [-0.1, -0.05) is 19.3 Å². The molecule has 0 aliphatic heterocycles. The van der Waals surface area contributed by atoms with Gasteiger partial charge >= 0.3 is 0 Å². The first kappa shape index (κ1) is 11.6. The largest absolute Gasteiger partial charge is 0.330 e. The van der Waals surface area contributed by atoms with Gasteiger partial charge in [0.25, 0.3) is 0 Å². The molecule has 1 heterocycles. The van der Waals surface area contributed by atoms with Crippen molar-refractivity contribution in [2.24, 2.45) is 5.73 Å². The molecule has 2 N–H and O–H groups in total. The van der Waals surface area contributed by atoms with Crippen LogP contribution >= 0.6 is 27.3 Å². The lowest BCUT2D eigenvalue weighted by atomic mass is 9.90. The van der Waals surface area contributed by atoms with Crippen molar-refractivity contribution in [1.82, 2.24) is 4.98 Å². The number of nitrogens with two attached hydrogens (primary N) is 1. The van der Waals surface area contributed by atoms with Crippen molar-refractivity contribution in [2.45, 2.75) is 44.4 Å². The van der Waals surface area contributed by atoms with Crippen LogP contribution in [0.5, 0.6) is 0 Å². The molecule has 1 aromatic rings. The fourth-order valence-corrected chi connectivity index (χ4v) is 4.05. The average Bonchev–Trinajstić information content (AvgIpc) is 2.63. The molecule has 0 saturated heterocycles. The van der Waals surface area contributed by atoms with Crippen LogP contribution in [0.4, 0.5) is 0 Å². The average molecular weight is 289 g/mol. The Bertz CT molecular complexity index is 318. The lowest BCUT2D eigenvalue weighted by Gasteiger charge is -2.18. The highest BCUT2D eigenvalue weighted by Crippen LogP contribution is 2.37. The van der Waals surface area contributed by atoms with Gasteiger partial charge in [-0.05, 0) is 41.7 Å². The minimum Gasteiger partial charge on any atom is -0.330 e. The third-order valence-electron chi connectivity index (χ3n) is 2.99. The van der Waals surface area contributed by atoms with Gasteiger partial charge in [0, 0.05) is 10.8 Å². The Morgan fingerprint density at radius 1 is 1.33 bits per heavy atom. The zero-order valence-electron chi connectivity index (χ0n) is 8.84. The highest BCUT2D eigenvalue weighted by atomic mass is 79.9. The van der Waals surface area contributed by atoms with Gasteiger partial charge in [-0.3, -0.25) is 0 Å². The van der Waals surface area contributed by atoms with Gasteiger partial charge < -0.3 is 5.73 Å². The molecule has 0 unspecified atom stereocenters. The number of nitrogens with zero attached hydrogens (tertiary/aromatic N) is 1. The van der Waals surface area contributed by atoms with Crippen LogP contribution in [-0.4, -0.2) is 11.5 Å². The van der Waals surface area contributed by atoms with E-state index in [2.05, 4.69) is 20.9 Å². The summed E-state index contributed by atoms with van der Waals surface area (Å²) in [6, 6.07) is 0. The maximum Gasteiger partial charge on any atom is 0.120 e. The Hall–Kier alpha value is 0.0700. The van der Waals surface area contributed by atoms with Gasteiger partial charge in [-0.25, -0.2) is 4.98 Å². The van der Waals surface area contributed by atoms with E-state index in [-0.39, 0.29) is 0 Å². The van der Waals surface area contributed by atoms with E-state index in [4.69, 9.17) is 5.73 Å². The molecule has 2 nitrogen and oxygen atoms in total. The van der Waals surface area contributed by atoms with Crippen molar-refractivity contribution in [3.63, 3.8) is 0 Å². The lowest BCUT2D eigenvalue weighted by Crippen LogP contribution is -2.03. The molecule has 0 aromatic carbocycles. The topological polar surface area (TPSA) is 38.9 Å². The lowest BCUT2D eigenvalue weighted by molar-refractivity contribution is 0.442. The Labute approximate surface area is 103 Å². The molecule has 1 fully saturated rings. The molecule has 0 spiro atoms. The Morgan fingerprint density at radius 2 is 2.07 bits per heavy atom. The van der Waals surface area contributed by atoms with Gasteiger partial charge in [-0.2, -0.15) is 0 Å². The third kappa shape index (κ3) is 2.80. The minimum atomic E-state index is 0.713. The molecule has 1 aromatic heterocycles. The van der Waals surface area contributed by atoms with E-state index >= 15 is 0 Å². The maximum absolute atomic E-state index is 5.58. The van der Waals surface area contributed by atoms with Crippen LogP contribution in [0.3, 0.4) is 0 Å². The van der Waals surface area contributed by atoms with E-state index in [1.54, 1.807) is 0 Å². The highest BCUT2D eigenvalue weighted by Gasteiger charge is 2.20. The molecular formula is C11H17BrN2S. The van der Waals surface area contributed by atoms with E-state index in [1.165, 1.54) is 42.0 Å². The van der Waals surface area contributed by atoms with E-state index in [1.807, 2.05) is 11.3 Å². The van der Waals surface area contributed by atoms with Crippen molar-refractivity contribution < 1.29 is 0 Å². The van der Waals surface area contributed by atoms with Crippen LogP contribution in [0.15, 0.2) is 4.60 Å². The fourth-order valence-electron chi connectivity index (χ4n) is 2.16.